The summed E-state index contributed by atoms with van der Waals surface area (Å²) in [4.78, 5) is 15.9. The predicted octanol–water partition coefficient (Wildman–Crippen LogP) is 5.24. The zero-order valence-corrected chi connectivity index (χ0v) is 18.8. The second kappa shape index (κ2) is 8.07. The summed E-state index contributed by atoms with van der Waals surface area (Å²) < 4.78 is 94.4. The molecular formula is C18H16Cl2F5N3O3S. The summed E-state index contributed by atoms with van der Waals surface area (Å²) in [5, 5.41) is -1.67. The lowest BCUT2D eigenvalue weighted by atomic mass is 10.2. The van der Waals surface area contributed by atoms with Crippen molar-refractivity contribution < 1.29 is 35.2 Å². The zero-order valence-electron chi connectivity index (χ0n) is 16.5. The third-order valence-electron chi connectivity index (χ3n) is 4.83. The van der Waals surface area contributed by atoms with E-state index in [2.05, 4.69) is 4.98 Å². The van der Waals surface area contributed by atoms with Crippen molar-refractivity contribution in [3.63, 3.8) is 0 Å². The van der Waals surface area contributed by atoms with Gasteiger partial charge in [-0.1, -0.05) is 23.2 Å². The van der Waals surface area contributed by atoms with Gasteiger partial charge in [0, 0.05) is 24.4 Å². The van der Waals surface area contributed by atoms with Crippen LogP contribution in [0.15, 0.2) is 17.0 Å². The number of carbonyl (C=O) groups is 1. The Morgan fingerprint density at radius 3 is 2.19 bits per heavy atom. The number of alkyl halides is 5. The number of amides is 1. The molecule has 1 aromatic heterocycles. The fourth-order valence-electron chi connectivity index (χ4n) is 3.53. The molecule has 0 atom stereocenters. The number of rotatable bonds is 4. The average molecular weight is 520 g/mol. The van der Waals surface area contributed by atoms with E-state index in [1.807, 2.05) is 4.72 Å². The fraction of sp³-hybridized carbons (Fsp3) is 0.389. The third-order valence-corrected chi connectivity index (χ3v) is 6.98. The largest absolute Gasteiger partial charge is 0.419 e. The molecule has 0 radical (unpaired) electrons. The van der Waals surface area contributed by atoms with Gasteiger partial charge >= 0.3 is 6.18 Å². The van der Waals surface area contributed by atoms with E-state index in [0.717, 1.165) is 17.0 Å². The summed E-state index contributed by atoms with van der Waals surface area (Å²) in [7, 11) is -4.55. The summed E-state index contributed by atoms with van der Waals surface area (Å²) in [5.74, 6) is -3.99. The van der Waals surface area contributed by atoms with Crippen LogP contribution in [-0.2, 0) is 16.2 Å². The molecule has 3 rings (SSSR count). The van der Waals surface area contributed by atoms with E-state index in [-0.39, 0.29) is 29.2 Å². The van der Waals surface area contributed by atoms with Gasteiger partial charge in [-0.15, -0.1) is 0 Å². The van der Waals surface area contributed by atoms with Crippen molar-refractivity contribution in [1.82, 2.24) is 9.88 Å². The molecule has 6 nitrogen and oxygen atoms in total. The molecule has 32 heavy (non-hydrogen) atoms. The Bertz CT molecular complexity index is 1170. The van der Waals surface area contributed by atoms with E-state index in [1.165, 1.54) is 13.8 Å². The average Bonchev–Trinajstić information content (AvgIpc) is 3.10. The lowest BCUT2D eigenvalue weighted by Gasteiger charge is -2.18. The van der Waals surface area contributed by atoms with E-state index >= 15 is 0 Å². The van der Waals surface area contributed by atoms with Gasteiger partial charge in [-0.25, -0.2) is 17.2 Å². The summed E-state index contributed by atoms with van der Waals surface area (Å²) in [5.41, 5.74) is -1.88. The molecule has 2 N–H and O–H groups in total. The number of nitrogens with zero attached hydrogens (tertiary/aromatic N) is 1. The molecule has 2 heterocycles. The van der Waals surface area contributed by atoms with Crippen molar-refractivity contribution in [1.29, 1.82) is 0 Å². The van der Waals surface area contributed by atoms with Crippen LogP contribution in [0.1, 0.15) is 33.7 Å². The second-order valence-corrected chi connectivity index (χ2v) is 9.76. The van der Waals surface area contributed by atoms with Crippen LogP contribution in [0.25, 0.3) is 0 Å². The Balaban J connectivity index is 2.01. The Morgan fingerprint density at radius 2 is 1.72 bits per heavy atom. The number of halogens is 7. The maximum absolute atomic E-state index is 13.6. The number of sulfonamides is 1. The topological polar surface area (TPSA) is 82.3 Å². The van der Waals surface area contributed by atoms with E-state index in [0.29, 0.717) is 0 Å². The number of anilines is 1. The molecular weight excluding hydrogens is 504 g/mol. The molecule has 1 amide bonds. The number of aryl methyl sites for hydroxylation is 2. The number of aromatic nitrogens is 1. The monoisotopic (exact) mass is 519 g/mol. The minimum absolute atomic E-state index is 0.0356. The predicted molar refractivity (Wildman–Crippen MR) is 108 cm³/mol. The van der Waals surface area contributed by atoms with E-state index in [4.69, 9.17) is 23.2 Å². The summed E-state index contributed by atoms with van der Waals surface area (Å²) >= 11 is 11.3. The van der Waals surface area contributed by atoms with Gasteiger partial charge in [0.1, 0.15) is 4.90 Å². The summed E-state index contributed by atoms with van der Waals surface area (Å²) in [6.45, 7) is 1.64. The Morgan fingerprint density at radius 1 is 1.16 bits per heavy atom. The number of aromatic amines is 1. The summed E-state index contributed by atoms with van der Waals surface area (Å²) in [6, 6.07) is 1.45. The van der Waals surface area contributed by atoms with E-state index in [1.54, 1.807) is 0 Å². The van der Waals surface area contributed by atoms with Gasteiger partial charge in [0.05, 0.1) is 33.4 Å². The molecule has 1 saturated heterocycles. The molecule has 1 aromatic carbocycles. The highest BCUT2D eigenvalue weighted by molar-refractivity contribution is 7.92. The van der Waals surface area contributed by atoms with Gasteiger partial charge in [0.2, 0.25) is 0 Å². The van der Waals surface area contributed by atoms with Crippen molar-refractivity contribution >= 4 is 44.8 Å². The Kier molecular flexibility index (Phi) is 6.20. The molecule has 0 bridgehead atoms. The molecule has 1 aliphatic heterocycles. The van der Waals surface area contributed by atoms with E-state index < -0.39 is 61.5 Å². The highest BCUT2D eigenvalue weighted by atomic mass is 35.5. The fourth-order valence-corrected chi connectivity index (χ4v) is 5.72. The van der Waals surface area contributed by atoms with Gasteiger partial charge in [-0.2, -0.15) is 13.2 Å². The quantitative estimate of drug-likeness (QED) is 0.542. The van der Waals surface area contributed by atoms with Gasteiger partial charge in [-0.05, 0) is 26.0 Å². The van der Waals surface area contributed by atoms with Crippen molar-refractivity contribution in [2.24, 2.45) is 0 Å². The lowest BCUT2D eigenvalue weighted by molar-refractivity contribution is -0.137. The minimum atomic E-state index is -4.86. The van der Waals surface area contributed by atoms with Crippen LogP contribution < -0.4 is 4.72 Å². The number of likely N-dealkylation sites (tertiary alicyclic amines) is 1. The van der Waals surface area contributed by atoms with Crippen molar-refractivity contribution in [2.45, 2.75) is 37.3 Å². The Hall–Kier alpha value is -2.05. The van der Waals surface area contributed by atoms with E-state index in [9.17, 15) is 35.2 Å². The van der Waals surface area contributed by atoms with Crippen molar-refractivity contribution in [3.05, 3.63) is 44.7 Å². The van der Waals surface area contributed by atoms with Gasteiger partial charge in [0.15, 0.2) is 0 Å². The SMILES string of the molecule is Cc1[nH]c(C)c(S(=O)(=O)Nc2cc(Cl)c(C(F)(F)F)c(Cl)c2)c1C(=O)N1CCC(F)(F)C1. The number of nitrogens with one attached hydrogen (secondary N) is 2. The van der Waals surface area contributed by atoms with Crippen LogP contribution in [0.5, 0.6) is 0 Å². The maximum Gasteiger partial charge on any atom is 0.419 e. The zero-order chi connectivity index (χ0) is 24.2. The molecule has 0 spiro atoms. The molecule has 0 unspecified atom stereocenters. The van der Waals surface area contributed by atoms with Crippen LogP contribution in [-0.4, -0.2) is 43.2 Å². The van der Waals surface area contributed by atoms with Crippen LogP contribution in [0.3, 0.4) is 0 Å². The molecule has 14 heteroatoms. The van der Waals surface area contributed by atoms with Crippen LogP contribution in [0.4, 0.5) is 27.6 Å². The number of benzene rings is 1. The molecule has 2 aromatic rings. The standard InChI is InChI=1S/C18H16Cl2F5N3O3S/c1-8-13(16(29)28-4-3-17(21,22)7-28)15(9(2)26-8)32(30,31)27-10-5-11(19)14(12(20)6-10)18(23,24)25/h5-6,26-27H,3-4,7H2,1-2H3. The second-order valence-electron chi connectivity index (χ2n) is 7.33. The number of hydrogen-bond donors (Lipinski definition) is 2. The molecule has 1 fully saturated rings. The number of H-pyrrole nitrogens is 1. The Labute approximate surface area is 189 Å². The van der Waals surface area contributed by atoms with Gasteiger partial charge in [-0.3, -0.25) is 9.52 Å². The van der Waals surface area contributed by atoms with Crippen molar-refractivity contribution in [2.75, 3.05) is 17.8 Å². The first kappa shape index (κ1) is 24.6. The molecule has 0 saturated carbocycles. The first-order valence-electron chi connectivity index (χ1n) is 8.99. The van der Waals surface area contributed by atoms with Crippen molar-refractivity contribution in [3.8, 4) is 0 Å². The lowest BCUT2D eigenvalue weighted by Crippen LogP contribution is -2.32. The van der Waals surface area contributed by atoms with Gasteiger partial charge in [0.25, 0.3) is 21.9 Å². The third kappa shape index (κ3) is 4.67. The molecule has 1 aliphatic rings. The number of carbonyl (C=O) groups excluding carboxylic acids is 1. The number of hydrogen-bond acceptors (Lipinski definition) is 3. The minimum Gasteiger partial charge on any atom is -0.361 e. The van der Waals surface area contributed by atoms with Gasteiger partial charge < -0.3 is 9.88 Å². The summed E-state index contributed by atoms with van der Waals surface area (Å²) in [6.07, 6.45) is -5.42. The van der Waals surface area contributed by atoms with Crippen LogP contribution >= 0.6 is 23.2 Å². The van der Waals surface area contributed by atoms with Crippen LogP contribution in [0, 0.1) is 13.8 Å². The smallest absolute Gasteiger partial charge is 0.361 e. The first-order chi connectivity index (χ1) is 14.5. The molecule has 176 valence electrons. The molecule has 0 aliphatic carbocycles. The van der Waals surface area contributed by atoms with Crippen LogP contribution in [0.2, 0.25) is 10.0 Å². The normalized spacial score (nSPS) is 16.5. The first-order valence-corrected chi connectivity index (χ1v) is 11.2. The maximum atomic E-state index is 13.6. The highest BCUT2D eigenvalue weighted by Crippen LogP contribution is 2.41. The highest BCUT2D eigenvalue weighted by Gasteiger charge is 2.42.